The van der Waals surface area contributed by atoms with Gasteiger partial charge in [0.1, 0.15) is 11.5 Å². The van der Waals surface area contributed by atoms with Crippen molar-refractivity contribution in [1.29, 1.82) is 0 Å². The Labute approximate surface area is 180 Å². The average molecular weight is 516 g/mol. The molecule has 12 heteroatoms. The molecule has 1 saturated carbocycles. The van der Waals surface area contributed by atoms with Gasteiger partial charge in [-0.2, -0.15) is 26.3 Å². The molecule has 1 aromatic carbocycles. The number of ether oxygens (including phenoxy) is 1. The van der Waals surface area contributed by atoms with Crippen molar-refractivity contribution in [3.8, 4) is 0 Å². The molecule has 1 aliphatic carbocycles. The third-order valence-corrected chi connectivity index (χ3v) is 6.15. The Balaban J connectivity index is 1.94. The molecule has 2 atom stereocenters. The highest BCUT2D eigenvalue weighted by molar-refractivity contribution is 9.10. The second-order valence-electron chi connectivity index (χ2n) is 7.56. The fraction of sp³-hybridized carbons (Fsp3) is 0.526. The first kappa shape index (κ1) is 23.6. The molecular weight excluding hydrogens is 500 g/mol. The summed E-state index contributed by atoms with van der Waals surface area (Å²) in [6.07, 6.45) is -11.0. The predicted octanol–water partition coefficient (Wildman–Crippen LogP) is 4.38. The zero-order valence-corrected chi connectivity index (χ0v) is 17.5. The van der Waals surface area contributed by atoms with E-state index < -0.39 is 84.3 Å². The highest BCUT2D eigenvalue weighted by Crippen LogP contribution is 2.59. The lowest BCUT2D eigenvalue weighted by molar-refractivity contribution is -0.200. The second-order valence-corrected chi connectivity index (χ2v) is 8.48. The van der Waals surface area contributed by atoms with Crippen LogP contribution >= 0.6 is 15.9 Å². The number of benzene rings is 1. The standard InChI is InChI=1S/C19H16BrF6NO4/c1-31-15(29)13-6-9(8-27(13)16(30)17(4-5-17)19(24,25)26)14(28)11-3-2-10(20)7-12(11)18(21,22)23/h2-3,7,9,13H,4-6,8H2,1H3/t9?,13-/m0/s1. The smallest absolute Gasteiger partial charge is 0.417 e. The molecule has 0 radical (unpaired) electrons. The van der Waals surface area contributed by atoms with Gasteiger partial charge in [0.2, 0.25) is 5.91 Å². The van der Waals surface area contributed by atoms with Crippen LogP contribution in [0, 0.1) is 11.3 Å². The topological polar surface area (TPSA) is 63.7 Å². The molecule has 1 aromatic rings. The number of hydrogen-bond acceptors (Lipinski definition) is 4. The lowest BCUT2D eigenvalue weighted by Gasteiger charge is -2.28. The third kappa shape index (κ3) is 4.18. The van der Waals surface area contributed by atoms with Gasteiger partial charge in [-0.15, -0.1) is 0 Å². The van der Waals surface area contributed by atoms with E-state index in [1.54, 1.807) is 0 Å². The van der Waals surface area contributed by atoms with Gasteiger partial charge in [-0.25, -0.2) is 4.79 Å². The second kappa shape index (κ2) is 7.79. The van der Waals surface area contributed by atoms with E-state index in [2.05, 4.69) is 20.7 Å². The fourth-order valence-corrected chi connectivity index (χ4v) is 4.18. The van der Waals surface area contributed by atoms with Crippen molar-refractivity contribution in [2.45, 2.75) is 37.7 Å². The normalized spacial score (nSPS) is 22.9. The number of esters is 1. The number of Topliss-reactive ketones (excluding diaryl/α,β-unsaturated/α-hetero) is 1. The Hall–Kier alpha value is -2.11. The van der Waals surface area contributed by atoms with Crippen molar-refractivity contribution in [2.75, 3.05) is 13.7 Å². The number of ketones is 1. The van der Waals surface area contributed by atoms with Gasteiger partial charge >= 0.3 is 18.3 Å². The first-order chi connectivity index (χ1) is 14.2. The van der Waals surface area contributed by atoms with E-state index in [1.807, 2.05) is 0 Å². The van der Waals surface area contributed by atoms with Gasteiger partial charge in [-0.05, 0) is 37.5 Å². The van der Waals surface area contributed by atoms with Gasteiger partial charge in [0.05, 0.1) is 12.7 Å². The summed E-state index contributed by atoms with van der Waals surface area (Å²) in [6.45, 7) is -0.609. The van der Waals surface area contributed by atoms with E-state index in [9.17, 15) is 40.7 Å². The first-order valence-corrected chi connectivity index (χ1v) is 9.89. The van der Waals surface area contributed by atoms with Crippen LogP contribution in [-0.4, -0.2) is 48.4 Å². The summed E-state index contributed by atoms with van der Waals surface area (Å²) >= 11 is 2.90. The van der Waals surface area contributed by atoms with Crippen LogP contribution in [0.3, 0.4) is 0 Å². The van der Waals surface area contributed by atoms with E-state index in [1.165, 1.54) is 6.07 Å². The lowest BCUT2D eigenvalue weighted by Crippen LogP contribution is -2.49. The molecule has 2 aliphatic rings. The number of methoxy groups -OCH3 is 1. The van der Waals surface area contributed by atoms with Gasteiger partial charge in [0.25, 0.3) is 0 Å². The van der Waals surface area contributed by atoms with Crippen molar-refractivity contribution >= 4 is 33.6 Å². The molecule has 0 spiro atoms. The van der Waals surface area contributed by atoms with Crippen LogP contribution in [0.25, 0.3) is 0 Å². The van der Waals surface area contributed by atoms with E-state index in [0.29, 0.717) is 11.0 Å². The predicted molar refractivity (Wildman–Crippen MR) is 96.8 cm³/mol. The molecule has 1 amide bonds. The van der Waals surface area contributed by atoms with Gasteiger partial charge in [-0.3, -0.25) is 9.59 Å². The van der Waals surface area contributed by atoms with Crippen LogP contribution in [0.5, 0.6) is 0 Å². The first-order valence-electron chi connectivity index (χ1n) is 9.09. The SMILES string of the molecule is COC(=O)[C@@H]1CC(C(=O)c2ccc(Br)cc2C(F)(F)F)CN1C(=O)C1(C(F)(F)F)CC1. The molecule has 2 fully saturated rings. The summed E-state index contributed by atoms with van der Waals surface area (Å²) in [5, 5.41) is 0. The zero-order valence-electron chi connectivity index (χ0n) is 15.9. The van der Waals surface area contributed by atoms with Crippen molar-refractivity contribution in [3.63, 3.8) is 0 Å². The van der Waals surface area contributed by atoms with Crippen molar-refractivity contribution in [2.24, 2.45) is 11.3 Å². The molecule has 0 bridgehead atoms. The van der Waals surface area contributed by atoms with Crippen LogP contribution in [0.2, 0.25) is 0 Å². The highest BCUT2D eigenvalue weighted by atomic mass is 79.9. The molecule has 0 N–H and O–H groups in total. The van der Waals surface area contributed by atoms with Crippen molar-refractivity contribution in [1.82, 2.24) is 4.90 Å². The van der Waals surface area contributed by atoms with Gasteiger partial charge < -0.3 is 9.64 Å². The molecule has 1 saturated heterocycles. The highest BCUT2D eigenvalue weighted by Gasteiger charge is 2.70. The molecule has 1 unspecified atom stereocenters. The molecular formula is C19H16BrF6NO4. The molecule has 3 rings (SSSR count). The van der Waals surface area contributed by atoms with Crippen LogP contribution in [0.15, 0.2) is 22.7 Å². The van der Waals surface area contributed by atoms with Gasteiger partial charge in [0.15, 0.2) is 5.78 Å². The number of alkyl halides is 6. The maximum Gasteiger partial charge on any atom is 0.417 e. The summed E-state index contributed by atoms with van der Waals surface area (Å²) in [5.74, 6) is -4.70. The maximum absolute atomic E-state index is 13.4. The van der Waals surface area contributed by atoms with Crippen LogP contribution in [0.1, 0.15) is 35.2 Å². The summed E-state index contributed by atoms with van der Waals surface area (Å²) in [5.41, 5.74) is -4.54. The number of carbonyl (C=O) groups is 3. The van der Waals surface area contributed by atoms with Gasteiger partial charge in [-0.1, -0.05) is 15.9 Å². The average Bonchev–Trinajstić information content (AvgIpc) is 3.39. The van der Waals surface area contributed by atoms with Gasteiger partial charge in [0, 0.05) is 22.5 Å². The Morgan fingerprint density at radius 2 is 1.74 bits per heavy atom. The number of carbonyl (C=O) groups excluding carboxylic acids is 3. The van der Waals surface area contributed by atoms with Crippen molar-refractivity contribution in [3.05, 3.63) is 33.8 Å². The molecule has 1 aliphatic heterocycles. The number of likely N-dealkylation sites (tertiary alicyclic amines) is 1. The number of amides is 1. The minimum atomic E-state index is -4.86. The number of halogens is 7. The maximum atomic E-state index is 13.4. The minimum Gasteiger partial charge on any atom is -0.467 e. The Kier molecular flexibility index (Phi) is 5.92. The molecule has 0 aromatic heterocycles. The molecule has 31 heavy (non-hydrogen) atoms. The minimum absolute atomic E-state index is 0.0768. The van der Waals surface area contributed by atoms with Crippen LogP contribution in [0.4, 0.5) is 26.3 Å². The molecule has 170 valence electrons. The Bertz CT molecular complexity index is 925. The number of nitrogens with zero attached hydrogens (tertiary/aromatic N) is 1. The summed E-state index contributed by atoms with van der Waals surface area (Å²) in [7, 11) is 0.966. The Morgan fingerprint density at radius 1 is 1.13 bits per heavy atom. The summed E-state index contributed by atoms with van der Waals surface area (Å²) < 4.78 is 85.0. The largest absolute Gasteiger partial charge is 0.467 e. The fourth-order valence-electron chi connectivity index (χ4n) is 3.81. The van der Waals surface area contributed by atoms with E-state index in [-0.39, 0.29) is 4.47 Å². The van der Waals surface area contributed by atoms with E-state index in [0.717, 1.165) is 13.2 Å². The summed E-state index contributed by atoms with van der Waals surface area (Å²) in [4.78, 5) is 38.3. The number of hydrogen-bond donors (Lipinski definition) is 0. The molecule has 1 heterocycles. The van der Waals surface area contributed by atoms with E-state index in [4.69, 9.17) is 0 Å². The third-order valence-electron chi connectivity index (χ3n) is 5.66. The molecule has 5 nitrogen and oxygen atoms in total. The quantitative estimate of drug-likeness (QED) is 0.339. The van der Waals surface area contributed by atoms with Crippen molar-refractivity contribution < 1.29 is 45.5 Å². The Morgan fingerprint density at radius 3 is 2.23 bits per heavy atom. The monoisotopic (exact) mass is 515 g/mol. The summed E-state index contributed by atoms with van der Waals surface area (Å²) in [6, 6.07) is 1.40. The van der Waals surface area contributed by atoms with Crippen LogP contribution in [-0.2, 0) is 20.5 Å². The van der Waals surface area contributed by atoms with E-state index >= 15 is 0 Å². The van der Waals surface area contributed by atoms with Crippen LogP contribution < -0.4 is 0 Å². The zero-order chi connectivity index (χ0) is 23.4. The lowest BCUT2D eigenvalue weighted by atomic mass is 9.92. The number of rotatable bonds is 4.